The van der Waals surface area contributed by atoms with E-state index in [1.807, 2.05) is 41.3 Å². The normalized spacial score (nSPS) is 19.6. The Bertz CT molecular complexity index is 1040. The minimum absolute atomic E-state index is 0. The van der Waals surface area contributed by atoms with E-state index in [0.717, 1.165) is 44.0 Å². The summed E-state index contributed by atoms with van der Waals surface area (Å²) in [6, 6.07) is 15.0. The number of ether oxygens (including phenoxy) is 1. The lowest BCUT2D eigenvalue weighted by Gasteiger charge is -2.52. The highest BCUT2D eigenvalue weighted by molar-refractivity contribution is 6.30. The summed E-state index contributed by atoms with van der Waals surface area (Å²) in [5, 5.41) is 3.77. The van der Waals surface area contributed by atoms with Gasteiger partial charge in [-0.25, -0.2) is 0 Å². The van der Waals surface area contributed by atoms with Gasteiger partial charge in [0.1, 0.15) is 23.1 Å². The summed E-state index contributed by atoms with van der Waals surface area (Å²) < 4.78 is 5.90. The molecule has 37 heavy (non-hydrogen) atoms. The molecule has 0 unspecified atom stereocenters. The minimum atomic E-state index is -0.716. The van der Waals surface area contributed by atoms with Gasteiger partial charge in [-0.3, -0.25) is 14.5 Å². The minimum Gasteiger partial charge on any atom is -0.457 e. The third-order valence-electron chi connectivity index (χ3n) is 7.31. The third-order valence-corrected chi connectivity index (χ3v) is 7.57. The van der Waals surface area contributed by atoms with Crippen molar-refractivity contribution in [1.29, 1.82) is 0 Å². The van der Waals surface area contributed by atoms with Crippen molar-refractivity contribution < 1.29 is 14.3 Å². The second-order valence-corrected chi connectivity index (χ2v) is 10.9. The van der Waals surface area contributed by atoms with Crippen molar-refractivity contribution in [2.75, 3.05) is 19.6 Å². The number of hydrogen-bond donors (Lipinski definition) is 1. The molecule has 1 atom stereocenters. The van der Waals surface area contributed by atoms with Gasteiger partial charge in [0.25, 0.3) is 0 Å². The lowest BCUT2D eigenvalue weighted by Crippen LogP contribution is -2.73. The van der Waals surface area contributed by atoms with Gasteiger partial charge in [0, 0.05) is 31.2 Å². The van der Waals surface area contributed by atoms with E-state index in [-0.39, 0.29) is 24.2 Å². The predicted octanol–water partition coefficient (Wildman–Crippen LogP) is 6.06. The lowest BCUT2D eigenvalue weighted by molar-refractivity contribution is -0.161. The first kappa shape index (κ1) is 29.3. The largest absolute Gasteiger partial charge is 0.457 e. The highest BCUT2D eigenvalue weighted by Crippen LogP contribution is 2.35. The lowest BCUT2D eigenvalue weighted by atomic mass is 9.80. The third kappa shape index (κ3) is 6.98. The van der Waals surface area contributed by atoms with Gasteiger partial charge < -0.3 is 15.0 Å². The smallest absolute Gasteiger partial charge is 0.246 e. The highest BCUT2D eigenvalue weighted by Gasteiger charge is 2.53. The van der Waals surface area contributed by atoms with Gasteiger partial charge >= 0.3 is 0 Å². The molecule has 2 heterocycles. The maximum Gasteiger partial charge on any atom is 0.246 e. The number of piperazine rings is 1. The predicted molar refractivity (Wildman–Crippen MR) is 150 cm³/mol. The number of rotatable bonds is 9. The van der Waals surface area contributed by atoms with Crippen LogP contribution in [0.5, 0.6) is 11.5 Å². The van der Waals surface area contributed by atoms with E-state index in [1.165, 1.54) is 5.56 Å². The molecule has 6 nitrogen and oxygen atoms in total. The van der Waals surface area contributed by atoms with Crippen molar-refractivity contribution in [2.45, 2.75) is 71.0 Å². The van der Waals surface area contributed by atoms with Crippen LogP contribution in [0.2, 0.25) is 5.02 Å². The Hall–Kier alpha value is -2.28. The summed E-state index contributed by atoms with van der Waals surface area (Å²) in [5.74, 6) is 2.01. The first-order chi connectivity index (χ1) is 17.3. The second kappa shape index (κ2) is 13.0. The van der Waals surface area contributed by atoms with Crippen LogP contribution < -0.4 is 10.1 Å². The van der Waals surface area contributed by atoms with E-state index in [1.54, 1.807) is 0 Å². The number of nitrogens with one attached hydrogen (secondary N) is 1. The summed E-state index contributed by atoms with van der Waals surface area (Å²) in [5.41, 5.74) is 0.477. The fraction of sp³-hybridized carbons (Fsp3) is 0.517. The van der Waals surface area contributed by atoms with Crippen LogP contribution in [-0.2, 0) is 16.1 Å². The Balaban J connectivity index is 0.00000380. The Kier molecular flexibility index (Phi) is 10.3. The number of hydrogen-bond acceptors (Lipinski definition) is 4. The van der Waals surface area contributed by atoms with Gasteiger partial charge in [0.15, 0.2) is 0 Å². The van der Waals surface area contributed by atoms with E-state index in [9.17, 15) is 9.59 Å². The summed E-state index contributed by atoms with van der Waals surface area (Å²) in [6.07, 6.45) is 3.94. The molecule has 202 valence electrons. The summed E-state index contributed by atoms with van der Waals surface area (Å²) in [4.78, 5) is 31.1. The average Bonchev–Trinajstić information content (AvgIpc) is 2.86. The number of carbonyl (C=O) groups is 2. The van der Waals surface area contributed by atoms with Crippen LogP contribution >= 0.6 is 24.0 Å². The van der Waals surface area contributed by atoms with E-state index in [0.29, 0.717) is 36.7 Å². The molecule has 0 aliphatic carbocycles. The molecule has 4 rings (SSSR count). The molecule has 2 aliphatic heterocycles. The molecule has 2 aromatic rings. The Labute approximate surface area is 232 Å². The van der Waals surface area contributed by atoms with E-state index in [2.05, 4.69) is 43.1 Å². The summed E-state index contributed by atoms with van der Waals surface area (Å²) >= 11 is 5.94. The first-order valence-electron chi connectivity index (χ1n) is 13.2. The fourth-order valence-corrected chi connectivity index (χ4v) is 5.41. The van der Waals surface area contributed by atoms with Crippen LogP contribution in [0.15, 0.2) is 48.5 Å². The van der Waals surface area contributed by atoms with Crippen LogP contribution in [0, 0.1) is 5.92 Å². The van der Waals surface area contributed by atoms with Crippen molar-refractivity contribution in [3.05, 3.63) is 59.1 Å². The zero-order valence-electron chi connectivity index (χ0n) is 22.0. The summed E-state index contributed by atoms with van der Waals surface area (Å²) in [6.45, 7) is 9.33. The molecule has 2 amide bonds. The highest BCUT2D eigenvalue weighted by atomic mass is 35.5. The van der Waals surface area contributed by atoms with E-state index in [4.69, 9.17) is 16.3 Å². The molecular formula is C29H39Cl2N3O3. The molecular weight excluding hydrogens is 509 g/mol. The molecule has 2 saturated heterocycles. The number of unbranched alkanes of at least 4 members (excludes halogenated alkanes) is 1. The topological polar surface area (TPSA) is 61.9 Å². The zero-order chi connectivity index (χ0) is 25.7. The monoisotopic (exact) mass is 547 g/mol. The molecule has 0 saturated carbocycles. The van der Waals surface area contributed by atoms with Crippen molar-refractivity contribution in [3.63, 3.8) is 0 Å². The van der Waals surface area contributed by atoms with Crippen molar-refractivity contribution >= 4 is 35.8 Å². The van der Waals surface area contributed by atoms with Crippen LogP contribution in [0.25, 0.3) is 0 Å². The van der Waals surface area contributed by atoms with Gasteiger partial charge in [-0.15, -0.1) is 12.4 Å². The van der Waals surface area contributed by atoms with Gasteiger partial charge in [0.05, 0.1) is 0 Å². The second-order valence-electron chi connectivity index (χ2n) is 10.5. The number of amides is 2. The van der Waals surface area contributed by atoms with Crippen LogP contribution in [0.4, 0.5) is 0 Å². The fourth-order valence-electron chi connectivity index (χ4n) is 5.29. The molecule has 2 fully saturated rings. The van der Waals surface area contributed by atoms with E-state index >= 15 is 0 Å². The molecule has 1 N–H and O–H groups in total. The number of halogens is 2. The maximum absolute atomic E-state index is 13.4. The molecule has 0 aromatic heterocycles. The molecule has 0 radical (unpaired) electrons. The van der Waals surface area contributed by atoms with Crippen molar-refractivity contribution in [1.82, 2.24) is 15.1 Å². The van der Waals surface area contributed by atoms with Crippen LogP contribution in [0.3, 0.4) is 0 Å². The van der Waals surface area contributed by atoms with Gasteiger partial charge in [0.2, 0.25) is 11.8 Å². The maximum atomic E-state index is 13.4. The Morgan fingerprint density at radius 3 is 2.19 bits per heavy atom. The Morgan fingerprint density at radius 1 is 1.03 bits per heavy atom. The molecule has 2 aromatic carbocycles. The molecule has 0 bridgehead atoms. The SMILES string of the molecule is CCCCN1C(=O)[C@H](CC(C)C)NC(=O)C12CCN(Cc1ccc(Oc3ccc(Cl)cc3)cc1)CC2.Cl. The number of carbonyl (C=O) groups excluding carboxylic acids is 2. The average molecular weight is 549 g/mol. The zero-order valence-corrected chi connectivity index (χ0v) is 23.6. The van der Waals surface area contributed by atoms with E-state index < -0.39 is 11.6 Å². The van der Waals surface area contributed by atoms with Crippen molar-refractivity contribution in [2.24, 2.45) is 5.92 Å². The van der Waals surface area contributed by atoms with Gasteiger partial charge in [-0.05, 0) is 73.6 Å². The number of piperidine rings is 1. The number of likely N-dealkylation sites (tertiary alicyclic amines) is 1. The Morgan fingerprint density at radius 2 is 1.62 bits per heavy atom. The number of nitrogens with zero attached hydrogens (tertiary/aromatic N) is 2. The molecule has 2 aliphatic rings. The van der Waals surface area contributed by atoms with Crippen LogP contribution in [-0.4, -0.2) is 52.8 Å². The summed E-state index contributed by atoms with van der Waals surface area (Å²) in [7, 11) is 0. The van der Waals surface area contributed by atoms with Crippen LogP contribution in [0.1, 0.15) is 58.4 Å². The quantitative estimate of drug-likeness (QED) is 0.414. The standard InChI is InChI=1S/C29H38ClN3O3.ClH/c1-4-5-16-33-27(34)26(19-21(2)3)31-28(35)29(33)14-17-32(18-15-29)20-22-6-10-24(11-7-22)36-25-12-8-23(30)9-13-25;/h6-13,21,26H,4-5,14-20H2,1-3H3,(H,31,35);1H/t26-;/m0./s1. The first-order valence-corrected chi connectivity index (χ1v) is 13.6. The van der Waals surface area contributed by atoms with Gasteiger partial charge in [-0.1, -0.05) is 50.9 Å². The van der Waals surface area contributed by atoms with Gasteiger partial charge in [-0.2, -0.15) is 0 Å². The van der Waals surface area contributed by atoms with Crippen molar-refractivity contribution in [3.8, 4) is 11.5 Å². The number of benzene rings is 2. The molecule has 1 spiro atoms. The molecule has 8 heteroatoms.